The number of ether oxygens (including phenoxy) is 1. The van der Waals surface area contributed by atoms with Crippen LogP contribution in [0.3, 0.4) is 0 Å². The highest BCUT2D eigenvalue weighted by molar-refractivity contribution is 5.96. The molecule has 1 N–H and O–H groups in total. The standard InChI is InChI=1S/C25H28N4O4/c1-28-11-13-29(14-12-28)25(31)22(15-18-7-4-3-5-8-18)26-24(30)21-17-23(33-27-21)19-9-6-10-20(16-19)32-2/h3-10,16-17,22H,11-15H2,1-2H3,(H,26,30). The van der Waals surface area contributed by atoms with Crippen molar-refractivity contribution in [3.8, 4) is 17.1 Å². The zero-order valence-electron chi connectivity index (χ0n) is 18.9. The first-order valence-corrected chi connectivity index (χ1v) is 11.0. The number of aromatic nitrogens is 1. The minimum Gasteiger partial charge on any atom is -0.497 e. The number of carbonyl (C=O) groups excluding carboxylic acids is 2. The fraction of sp³-hybridized carbons (Fsp3) is 0.320. The Bertz CT molecular complexity index is 1090. The molecule has 1 aliphatic heterocycles. The third-order valence-corrected chi connectivity index (χ3v) is 5.80. The molecule has 172 valence electrons. The number of nitrogens with zero attached hydrogens (tertiary/aromatic N) is 3. The Balaban J connectivity index is 1.51. The van der Waals surface area contributed by atoms with Gasteiger partial charge in [0.05, 0.1) is 7.11 Å². The monoisotopic (exact) mass is 448 g/mol. The number of hydrogen-bond donors (Lipinski definition) is 1. The molecule has 1 aliphatic rings. The molecular formula is C25H28N4O4. The lowest BCUT2D eigenvalue weighted by molar-refractivity contribution is -0.134. The third-order valence-electron chi connectivity index (χ3n) is 5.80. The van der Waals surface area contributed by atoms with Gasteiger partial charge in [0, 0.05) is 44.2 Å². The molecule has 0 aliphatic carbocycles. The molecule has 8 heteroatoms. The van der Waals surface area contributed by atoms with Crippen LogP contribution in [0.25, 0.3) is 11.3 Å². The average molecular weight is 449 g/mol. The molecule has 8 nitrogen and oxygen atoms in total. The van der Waals surface area contributed by atoms with Gasteiger partial charge in [0.15, 0.2) is 11.5 Å². The minimum absolute atomic E-state index is 0.0863. The molecule has 2 aromatic carbocycles. The second kappa shape index (κ2) is 10.3. The van der Waals surface area contributed by atoms with Crippen molar-refractivity contribution in [2.24, 2.45) is 0 Å². The Labute approximate surface area is 193 Å². The van der Waals surface area contributed by atoms with Crippen LogP contribution in [0.2, 0.25) is 0 Å². The van der Waals surface area contributed by atoms with E-state index in [1.54, 1.807) is 19.2 Å². The number of benzene rings is 2. The fourth-order valence-corrected chi connectivity index (χ4v) is 3.82. The maximum absolute atomic E-state index is 13.3. The van der Waals surface area contributed by atoms with Gasteiger partial charge < -0.3 is 24.4 Å². The lowest BCUT2D eigenvalue weighted by Crippen LogP contribution is -2.55. The third kappa shape index (κ3) is 5.59. The van der Waals surface area contributed by atoms with Gasteiger partial charge in [-0.3, -0.25) is 9.59 Å². The molecule has 2 amide bonds. The van der Waals surface area contributed by atoms with Gasteiger partial charge in [0.1, 0.15) is 11.8 Å². The SMILES string of the molecule is COc1cccc(-c2cc(C(=O)NC(Cc3ccccc3)C(=O)N3CCN(C)CC3)no2)c1. The fourth-order valence-electron chi connectivity index (χ4n) is 3.82. The average Bonchev–Trinajstić information content (AvgIpc) is 3.35. The normalized spacial score (nSPS) is 15.2. The van der Waals surface area contributed by atoms with Crippen LogP contribution in [0.1, 0.15) is 16.1 Å². The number of nitrogens with one attached hydrogen (secondary N) is 1. The van der Waals surface area contributed by atoms with Crippen molar-refractivity contribution in [2.45, 2.75) is 12.5 Å². The molecular weight excluding hydrogens is 420 g/mol. The number of hydrogen-bond acceptors (Lipinski definition) is 6. The number of likely N-dealkylation sites (N-methyl/N-ethyl adjacent to an activating group) is 1. The molecule has 2 heterocycles. The van der Waals surface area contributed by atoms with Gasteiger partial charge in [-0.25, -0.2) is 0 Å². The Kier molecular flexibility index (Phi) is 7.04. The zero-order valence-corrected chi connectivity index (χ0v) is 18.9. The Hall–Kier alpha value is -3.65. The van der Waals surface area contributed by atoms with Crippen LogP contribution in [0.4, 0.5) is 0 Å². The van der Waals surface area contributed by atoms with Gasteiger partial charge in [-0.05, 0) is 24.7 Å². The van der Waals surface area contributed by atoms with Gasteiger partial charge in [0.25, 0.3) is 5.91 Å². The van der Waals surface area contributed by atoms with Crippen LogP contribution in [-0.4, -0.2) is 73.1 Å². The smallest absolute Gasteiger partial charge is 0.274 e. The Morgan fingerprint density at radius 3 is 2.55 bits per heavy atom. The number of piperazine rings is 1. The van der Waals surface area contributed by atoms with Crippen molar-refractivity contribution in [3.63, 3.8) is 0 Å². The van der Waals surface area contributed by atoms with Crippen LogP contribution < -0.4 is 10.1 Å². The summed E-state index contributed by atoms with van der Waals surface area (Å²) in [5.41, 5.74) is 1.84. The number of rotatable bonds is 7. The van der Waals surface area contributed by atoms with Crippen molar-refractivity contribution >= 4 is 11.8 Å². The van der Waals surface area contributed by atoms with E-state index < -0.39 is 11.9 Å². The van der Waals surface area contributed by atoms with E-state index in [4.69, 9.17) is 9.26 Å². The van der Waals surface area contributed by atoms with Crippen LogP contribution in [0, 0.1) is 0 Å². The van der Waals surface area contributed by atoms with E-state index in [-0.39, 0.29) is 11.6 Å². The van der Waals surface area contributed by atoms with Crippen LogP contribution in [0.5, 0.6) is 5.75 Å². The molecule has 1 saturated heterocycles. The lowest BCUT2D eigenvalue weighted by atomic mass is 10.0. The second-order valence-corrected chi connectivity index (χ2v) is 8.15. The van der Waals surface area contributed by atoms with Crippen molar-refractivity contribution in [1.82, 2.24) is 20.3 Å². The van der Waals surface area contributed by atoms with E-state index in [1.165, 1.54) is 0 Å². The predicted molar refractivity (Wildman–Crippen MR) is 124 cm³/mol. The number of carbonyl (C=O) groups is 2. The molecule has 0 saturated carbocycles. The van der Waals surface area contributed by atoms with E-state index in [0.717, 1.165) is 24.2 Å². The van der Waals surface area contributed by atoms with Gasteiger partial charge in [0.2, 0.25) is 5.91 Å². The molecule has 1 fully saturated rings. The van der Waals surface area contributed by atoms with E-state index in [9.17, 15) is 9.59 Å². The Morgan fingerprint density at radius 2 is 1.82 bits per heavy atom. The largest absolute Gasteiger partial charge is 0.497 e. The van der Waals surface area contributed by atoms with Crippen molar-refractivity contribution in [2.75, 3.05) is 40.3 Å². The quantitative estimate of drug-likeness (QED) is 0.598. The predicted octanol–water partition coefficient (Wildman–Crippen LogP) is 2.47. The van der Waals surface area contributed by atoms with Crippen LogP contribution in [0.15, 0.2) is 65.2 Å². The highest BCUT2D eigenvalue weighted by Crippen LogP contribution is 2.24. The van der Waals surface area contributed by atoms with E-state index in [0.29, 0.717) is 31.0 Å². The summed E-state index contributed by atoms with van der Waals surface area (Å²) in [7, 11) is 3.62. The van der Waals surface area contributed by atoms with Gasteiger partial charge >= 0.3 is 0 Å². The highest BCUT2D eigenvalue weighted by atomic mass is 16.5. The molecule has 3 aromatic rings. The summed E-state index contributed by atoms with van der Waals surface area (Å²) >= 11 is 0. The maximum Gasteiger partial charge on any atom is 0.274 e. The summed E-state index contributed by atoms with van der Waals surface area (Å²) in [6.45, 7) is 2.90. The van der Waals surface area contributed by atoms with Gasteiger partial charge in [-0.15, -0.1) is 0 Å². The summed E-state index contributed by atoms with van der Waals surface area (Å²) < 4.78 is 10.6. The molecule has 0 bridgehead atoms. The van der Waals surface area contributed by atoms with Gasteiger partial charge in [-0.2, -0.15) is 0 Å². The maximum atomic E-state index is 13.3. The number of methoxy groups -OCH3 is 1. The molecule has 33 heavy (non-hydrogen) atoms. The molecule has 0 radical (unpaired) electrons. The first-order valence-electron chi connectivity index (χ1n) is 11.0. The van der Waals surface area contributed by atoms with Crippen molar-refractivity contribution in [3.05, 3.63) is 71.9 Å². The summed E-state index contributed by atoms with van der Waals surface area (Å²) in [4.78, 5) is 30.3. The minimum atomic E-state index is -0.694. The van der Waals surface area contributed by atoms with Crippen LogP contribution >= 0.6 is 0 Å². The second-order valence-electron chi connectivity index (χ2n) is 8.15. The number of amides is 2. The van der Waals surface area contributed by atoms with Crippen molar-refractivity contribution < 1.29 is 18.8 Å². The molecule has 1 unspecified atom stereocenters. The molecule has 0 spiro atoms. The van der Waals surface area contributed by atoms with Gasteiger partial charge in [-0.1, -0.05) is 47.6 Å². The lowest BCUT2D eigenvalue weighted by Gasteiger charge is -2.34. The van der Waals surface area contributed by atoms with Crippen LogP contribution in [-0.2, 0) is 11.2 Å². The highest BCUT2D eigenvalue weighted by Gasteiger charge is 2.29. The topological polar surface area (TPSA) is 87.9 Å². The first kappa shape index (κ1) is 22.5. The summed E-state index contributed by atoms with van der Waals surface area (Å²) in [6.07, 6.45) is 0.401. The van der Waals surface area contributed by atoms with E-state index in [2.05, 4.69) is 15.4 Å². The summed E-state index contributed by atoms with van der Waals surface area (Å²) in [5, 5.41) is 6.82. The molecule has 4 rings (SSSR count). The first-order chi connectivity index (χ1) is 16.0. The van der Waals surface area contributed by atoms with Crippen molar-refractivity contribution in [1.29, 1.82) is 0 Å². The summed E-state index contributed by atoms with van der Waals surface area (Å²) in [5.74, 6) is 0.591. The van der Waals surface area contributed by atoms with E-state index >= 15 is 0 Å². The van der Waals surface area contributed by atoms with E-state index in [1.807, 2.05) is 60.5 Å². The molecule has 1 atom stereocenters. The summed E-state index contributed by atoms with van der Waals surface area (Å²) in [6, 6.07) is 17.9. The molecule has 1 aromatic heterocycles. The zero-order chi connectivity index (χ0) is 23.2. The Morgan fingerprint density at radius 1 is 1.06 bits per heavy atom.